The summed E-state index contributed by atoms with van der Waals surface area (Å²) in [6.07, 6.45) is 3.26. The lowest BCUT2D eigenvalue weighted by molar-refractivity contribution is 0.102. The predicted octanol–water partition coefficient (Wildman–Crippen LogP) is 5.10. The molecule has 0 fully saturated rings. The first-order valence-corrected chi connectivity index (χ1v) is 7.50. The molecule has 0 radical (unpaired) electrons. The summed E-state index contributed by atoms with van der Waals surface area (Å²) in [4.78, 5) is 12.2. The van der Waals surface area contributed by atoms with Gasteiger partial charge in [0.25, 0.3) is 0 Å². The number of fused-ring (bicyclic) bond motifs is 1. The number of rotatable bonds is 4. The summed E-state index contributed by atoms with van der Waals surface area (Å²) in [5.41, 5.74) is 1.62. The molecule has 3 nitrogen and oxygen atoms in total. The number of halogens is 1. The van der Waals surface area contributed by atoms with E-state index in [-0.39, 0.29) is 5.78 Å². The van der Waals surface area contributed by atoms with E-state index in [2.05, 4.69) is 15.9 Å². The molecule has 0 aliphatic carbocycles. The molecule has 0 unspecified atom stereocenters. The highest BCUT2D eigenvalue weighted by atomic mass is 79.9. The Hall–Kier alpha value is -2.33. The van der Waals surface area contributed by atoms with E-state index < -0.39 is 0 Å². The van der Waals surface area contributed by atoms with E-state index in [1.165, 1.54) is 6.08 Å². The zero-order valence-corrected chi connectivity index (χ0v) is 13.5. The van der Waals surface area contributed by atoms with Gasteiger partial charge in [0, 0.05) is 9.86 Å². The van der Waals surface area contributed by atoms with Crippen molar-refractivity contribution in [1.29, 1.82) is 0 Å². The highest BCUT2D eigenvalue weighted by Gasteiger charge is 2.09. The van der Waals surface area contributed by atoms with Crippen LogP contribution in [-0.2, 0) is 0 Å². The summed E-state index contributed by atoms with van der Waals surface area (Å²) in [7, 11) is 1.62. The van der Waals surface area contributed by atoms with Crippen molar-refractivity contribution < 1.29 is 13.9 Å². The molecule has 0 aliphatic rings. The summed E-state index contributed by atoms with van der Waals surface area (Å²) in [5, 5.41) is 0.899. The number of benzene rings is 2. The summed E-state index contributed by atoms with van der Waals surface area (Å²) in [6.45, 7) is 0. The van der Waals surface area contributed by atoms with Crippen molar-refractivity contribution in [2.45, 2.75) is 0 Å². The molecule has 0 amide bonds. The fourth-order valence-electron chi connectivity index (χ4n) is 2.10. The second-order valence-electron chi connectivity index (χ2n) is 4.76. The number of methoxy groups -OCH3 is 1. The lowest BCUT2D eigenvalue weighted by Gasteiger charge is -1.98. The van der Waals surface area contributed by atoms with E-state index >= 15 is 0 Å². The minimum atomic E-state index is -0.164. The summed E-state index contributed by atoms with van der Waals surface area (Å²) >= 11 is 3.40. The van der Waals surface area contributed by atoms with Crippen LogP contribution < -0.4 is 4.74 Å². The van der Waals surface area contributed by atoms with E-state index in [4.69, 9.17) is 9.15 Å². The maximum absolute atomic E-state index is 12.2. The van der Waals surface area contributed by atoms with Crippen LogP contribution in [0.3, 0.4) is 0 Å². The van der Waals surface area contributed by atoms with Crippen molar-refractivity contribution in [3.05, 3.63) is 70.4 Å². The third-order valence-electron chi connectivity index (χ3n) is 3.26. The van der Waals surface area contributed by atoms with Gasteiger partial charge in [-0.15, -0.1) is 0 Å². The zero-order chi connectivity index (χ0) is 15.5. The Morgan fingerprint density at radius 2 is 1.91 bits per heavy atom. The summed E-state index contributed by atoms with van der Waals surface area (Å²) in [5.74, 6) is 0.951. The van der Waals surface area contributed by atoms with Gasteiger partial charge >= 0.3 is 0 Å². The quantitative estimate of drug-likeness (QED) is 0.482. The van der Waals surface area contributed by atoms with Crippen LogP contribution in [0.1, 0.15) is 16.1 Å². The first kappa shape index (κ1) is 14.6. The van der Waals surface area contributed by atoms with Gasteiger partial charge in [0.05, 0.1) is 7.11 Å². The van der Waals surface area contributed by atoms with Crippen LogP contribution in [0.5, 0.6) is 5.75 Å². The Bertz CT molecular complexity index is 844. The smallest absolute Gasteiger partial charge is 0.221 e. The molecule has 0 saturated carbocycles. The van der Waals surface area contributed by atoms with E-state index in [1.54, 1.807) is 19.3 Å². The van der Waals surface area contributed by atoms with Gasteiger partial charge in [0.1, 0.15) is 11.3 Å². The van der Waals surface area contributed by atoms with Crippen LogP contribution in [0.25, 0.3) is 17.0 Å². The van der Waals surface area contributed by atoms with Crippen LogP contribution in [0.15, 0.2) is 63.5 Å². The third kappa shape index (κ3) is 3.12. The maximum Gasteiger partial charge on any atom is 0.221 e. The van der Waals surface area contributed by atoms with Crippen molar-refractivity contribution in [2.24, 2.45) is 0 Å². The molecule has 0 bridgehead atoms. The van der Waals surface area contributed by atoms with Crippen LogP contribution in [-0.4, -0.2) is 12.9 Å². The molecule has 0 spiro atoms. The van der Waals surface area contributed by atoms with Gasteiger partial charge in [-0.1, -0.05) is 34.1 Å². The number of allylic oxidation sites excluding steroid dienone is 1. The predicted molar refractivity (Wildman–Crippen MR) is 90.3 cm³/mol. The average molecular weight is 357 g/mol. The highest BCUT2D eigenvalue weighted by molar-refractivity contribution is 9.10. The van der Waals surface area contributed by atoms with Crippen molar-refractivity contribution in [2.75, 3.05) is 7.11 Å². The van der Waals surface area contributed by atoms with Gasteiger partial charge in [-0.2, -0.15) is 0 Å². The summed E-state index contributed by atoms with van der Waals surface area (Å²) in [6, 6.07) is 14.9. The number of ketones is 1. The molecule has 110 valence electrons. The molecule has 2 aromatic carbocycles. The van der Waals surface area contributed by atoms with Gasteiger partial charge in [-0.3, -0.25) is 4.79 Å². The molecular weight excluding hydrogens is 344 g/mol. The molecular formula is C18H13BrO3. The number of carbonyl (C=O) groups is 1. The van der Waals surface area contributed by atoms with Crippen molar-refractivity contribution in [3.63, 3.8) is 0 Å². The Morgan fingerprint density at radius 3 is 2.64 bits per heavy atom. The van der Waals surface area contributed by atoms with Gasteiger partial charge in [0.15, 0.2) is 5.76 Å². The first-order chi connectivity index (χ1) is 10.7. The standard InChI is InChI=1S/C18H13BrO3/c1-21-15-6-2-12(3-7-15)4-8-16(20)18-11-13-10-14(19)5-9-17(13)22-18/h2-11H,1H3/b8-4+. The molecule has 4 heteroatoms. The van der Waals surface area contributed by atoms with E-state index in [9.17, 15) is 4.79 Å². The first-order valence-electron chi connectivity index (χ1n) is 6.71. The Kier molecular flexibility index (Phi) is 4.11. The Labute approximate surface area is 136 Å². The lowest BCUT2D eigenvalue weighted by Crippen LogP contribution is -1.90. The second-order valence-corrected chi connectivity index (χ2v) is 5.68. The van der Waals surface area contributed by atoms with E-state index in [0.29, 0.717) is 11.3 Å². The summed E-state index contributed by atoms with van der Waals surface area (Å²) < 4.78 is 11.6. The van der Waals surface area contributed by atoms with Crippen LogP contribution in [0, 0.1) is 0 Å². The average Bonchev–Trinajstić information content (AvgIpc) is 2.96. The molecule has 0 aliphatic heterocycles. The minimum Gasteiger partial charge on any atom is -0.497 e. The van der Waals surface area contributed by atoms with E-state index in [0.717, 1.165) is 21.2 Å². The Morgan fingerprint density at radius 1 is 1.14 bits per heavy atom. The fraction of sp³-hybridized carbons (Fsp3) is 0.0556. The van der Waals surface area contributed by atoms with Crippen molar-refractivity contribution in [3.8, 4) is 5.75 Å². The van der Waals surface area contributed by atoms with Crippen molar-refractivity contribution in [1.82, 2.24) is 0 Å². The monoisotopic (exact) mass is 356 g/mol. The topological polar surface area (TPSA) is 39.4 Å². The maximum atomic E-state index is 12.2. The highest BCUT2D eigenvalue weighted by Crippen LogP contribution is 2.24. The lowest BCUT2D eigenvalue weighted by atomic mass is 10.1. The Balaban J connectivity index is 1.81. The largest absolute Gasteiger partial charge is 0.497 e. The zero-order valence-electron chi connectivity index (χ0n) is 11.9. The number of carbonyl (C=O) groups excluding carboxylic acids is 1. The van der Waals surface area contributed by atoms with Crippen molar-refractivity contribution >= 4 is 38.8 Å². The number of hydrogen-bond acceptors (Lipinski definition) is 3. The van der Waals surface area contributed by atoms with Crippen LogP contribution >= 0.6 is 15.9 Å². The second kappa shape index (κ2) is 6.20. The van der Waals surface area contributed by atoms with Crippen LogP contribution in [0.2, 0.25) is 0 Å². The van der Waals surface area contributed by atoms with Gasteiger partial charge in [0.2, 0.25) is 5.78 Å². The minimum absolute atomic E-state index is 0.164. The molecule has 0 N–H and O–H groups in total. The molecule has 22 heavy (non-hydrogen) atoms. The number of ether oxygens (including phenoxy) is 1. The number of furan rings is 1. The fourth-order valence-corrected chi connectivity index (χ4v) is 2.48. The molecule has 0 saturated heterocycles. The number of hydrogen-bond donors (Lipinski definition) is 0. The molecule has 1 aromatic heterocycles. The SMILES string of the molecule is COc1ccc(/C=C/C(=O)c2cc3cc(Br)ccc3o2)cc1. The molecule has 3 aromatic rings. The molecule has 3 rings (SSSR count). The van der Waals surface area contributed by atoms with E-state index in [1.807, 2.05) is 42.5 Å². The normalized spacial score (nSPS) is 11.2. The molecule has 0 atom stereocenters. The van der Waals surface area contributed by atoms with Crippen LogP contribution in [0.4, 0.5) is 0 Å². The molecule has 1 heterocycles. The van der Waals surface area contributed by atoms with Gasteiger partial charge in [-0.05, 0) is 48.0 Å². The third-order valence-corrected chi connectivity index (χ3v) is 3.76. The van der Waals surface area contributed by atoms with Gasteiger partial charge < -0.3 is 9.15 Å². The van der Waals surface area contributed by atoms with Gasteiger partial charge in [-0.25, -0.2) is 0 Å².